The molecule has 28 heavy (non-hydrogen) atoms. The molecular weight excluding hydrogens is 489 g/mol. The van der Waals surface area contributed by atoms with E-state index >= 15 is 0 Å². The molecule has 3 rings (SSSR count). The SMILES string of the molecule is Cc1nc2ccc(I)cc2c(-c2ccc(Cl)cc2)c1C(OC(C)(C)C)C(=O)O. The second-order valence-electron chi connectivity index (χ2n) is 7.60. The molecule has 0 radical (unpaired) electrons. The maximum absolute atomic E-state index is 12.2. The third kappa shape index (κ3) is 4.47. The van der Waals surface area contributed by atoms with Crippen molar-refractivity contribution in [1.29, 1.82) is 0 Å². The van der Waals surface area contributed by atoms with Gasteiger partial charge in [-0.1, -0.05) is 23.7 Å². The highest BCUT2D eigenvalue weighted by atomic mass is 127. The highest BCUT2D eigenvalue weighted by molar-refractivity contribution is 14.1. The number of aromatic nitrogens is 1. The lowest BCUT2D eigenvalue weighted by Gasteiger charge is -2.28. The second kappa shape index (κ2) is 7.97. The largest absolute Gasteiger partial charge is 0.479 e. The summed E-state index contributed by atoms with van der Waals surface area (Å²) in [4.78, 5) is 16.9. The van der Waals surface area contributed by atoms with E-state index in [2.05, 4.69) is 27.6 Å². The number of pyridine rings is 1. The Balaban J connectivity index is 2.40. The maximum Gasteiger partial charge on any atom is 0.337 e. The Labute approximate surface area is 183 Å². The third-order valence-electron chi connectivity index (χ3n) is 4.27. The van der Waals surface area contributed by atoms with Gasteiger partial charge in [0.2, 0.25) is 0 Å². The summed E-state index contributed by atoms with van der Waals surface area (Å²) in [7, 11) is 0. The van der Waals surface area contributed by atoms with E-state index in [1.165, 1.54) is 0 Å². The number of hydrogen-bond acceptors (Lipinski definition) is 3. The summed E-state index contributed by atoms with van der Waals surface area (Å²) >= 11 is 8.33. The van der Waals surface area contributed by atoms with E-state index in [9.17, 15) is 9.90 Å². The van der Waals surface area contributed by atoms with Crippen LogP contribution in [0.2, 0.25) is 5.02 Å². The molecule has 146 valence electrons. The predicted molar refractivity (Wildman–Crippen MR) is 121 cm³/mol. The number of hydrogen-bond donors (Lipinski definition) is 1. The molecule has 0 bridgehead atoms. The molecule has 0 aliphatic heterocycles. The smallest absolute Gasteiger partial charge is 0.337 e. The molecule has 0 aliphatic carbocycles. The Kier molecular flexibility index (Phi) is 5.98. The van der Waals surface area contributed by atoms with E-state index in [0.29, 0.717) is 16.3 Å². The van der Waals surface area contributed by atoms with E-state index in [1.54, 1.807) is 12.1 Å². The number of nitrogens with zero attached hydrogens (tertiary/aromatic N) is 1. The molecule has 0 aliphatic rings. The van der Waals surface area contributed by atoms with Crippen LogP contribution in [0.25, 0.3) is 22.0 Å². The summed E-state index contributed by atoms with van der Waals surface area (Å²) in [5.41, 5.74) is 3.07. The number of rotatable bonds is 4. The number of carboxylic acids is 1. The first-order chi connectivity index (χ1) is 13.1. The van der Waals surface area contributed by atoms with Crippen molar-refractivity contribution in [3.05, 3.63) is 62.3 Å². The quantitative estimate of drug-likeness (QED) is 0.413. The fourth-order valence-corrected chi connectivity index (χ4v) is 3.82. The minimum Gasteiger partial charge on any atom is -0.479 e. The van der Waals surface area contributed by atoms with Crippen molar-refractivity contribution in [3.63, 3.8) is 0 Å². The number of aryl methyl sites for hydroxylation is 1. The van der Waals surface area contributed by atoms with Gasteiger partial charge in [-0.05, 0) is 91.7 Å². The van der Waals surface area contributed by atoms with Crippen molar-refractivity contribution in [1.82, 2.24) is 4.98 Å². The van der Waals surface area contributed by atoms with E-state index in [1.807, 2.05) is 58.0 Å². The lowest BCUT2D eigenvalue weighted by Crippen LogP contribution is -2.28. The summed E-state index contributed by atoms with van der Waals surface area (Å²) < 4.78 is 7.01. The number of benzene rings is 2. The lowest BCUT2D eigenvalue weighted by molar-refractivity contribution is -0.160. The molecule has 0 spiro atoms. The zero-order chi connectivity index (χ0) is 20.6. The van der Waals surface area contributed by atoms with Crippen LogP contribution in [0.4, 0.5) is 0 Å². The van der Waals surface area contributed by atoms with E-state index in [4.69, 9.17) is 16.3 Å². The molecule has 1 aromatic heterocycles. The molecule has 4 nitrogen and oxygen atoms in total. The van der Waals surface area contributed by atoms with Gasteiger partial charge in [0.15, 0.2) is 6.10 Å². The third-order valence-corrected chi connectivity index (χ3v) is 5.19. The Morgan fingerprint density at radius 1 is 1.18 bits per heavy atom. The van der Waals surface area contributed by atoms with Crippen LogP contribution < -0.4 is 0 Å². The topological polar surface area (TPSA) is 59.4 Å². The van der Waals surface area contributed by atoms with Crippen LogP contribution in [0.1, 0.15) is 38.1 Å². The number of ether oxygens (including phenoxy) is 1. The molecule has 0 saturated carbocycles. The molecule has 3 aromatic rings. The van der Waals surface area contributed by atoms with Gasteiger partial charge in [0.05, 0.1) is 11.1 Å². The highest BCUT2D eigenvalue weighted by Gasteiger charge is 2.32. The van der Waals surface area contributed by atoms with Crippen LogP contribution >= 0.6 is 34.2 Å². The average Bonchev–Trinajstić information content (AvgIpc) is 2.59. The summed E-state index contributed by atoms with van der Waals surface area (Å²) in [5.74, 6) is -1.04. The predicted octanol–water partition coefficient (Wildman–Crippen LogP) is 6.41. The van der Waals surface area contributed by atoms with Gasteiger partial charge in [0, 0.05) is 25.2 Å². The fourth-order valence-electron chi connectivity index (χ4n) is 3.21. The Bertz CT molecular complexity index is 1040. The van der Waals surface area contributed by atoms with Gasteiger partial charge in [0.1, 0.15) is 0 Å². The van der Waals surface area contributed by atoms with Crippen molar-refractivity contribution >= 4 is 51.1 Å². The Morgan fingerprint density at radius 2 is 1.82 bits per heavy atom. The number of carboxylic acid groups (broad SMARTS) is 1. The normalized spacial score (nSPS) is 12.9. The molecule has 1 heterocycles. The van der Waals surface area contributed by atoms with Crippen LogP contribution in [-0.4, -0.2) is 21.7 Å². The Morgan fingerprint density at radius 3 is 2.39 bits per heavy atom. The fraction of sp³-hybridized carbons (Fsp3) is 0.273. The number of aliphatic carboxylic acids is 1. The van der Waals surface area contributed by atoms with Crippen molar-refractivity contribution in [3.8, 4) is 11.1 Å². The van der Waals surface area contributed by atoms with Crippen molar-refractivity contribution in [2.75, 3.05) is 0 Å². The zero-order valence-corrected chi connectivity index (χ0v) is 19.0. The minimum absolute atomic E-state index is 0.569. The molecule has 1 unspecified atom stereocenters. The molecule has 0 amide bonds. The summed E-state index contributed by atoms with van der Waals surface area (Å²) in [5, 5.41) is 11.5. The molecule has 0 saturated heterocycles. The Hall–Kier alpha value is -1.70. The van der Waals surface area contributed by atoms with Crippen LogP contribution in [0.3, 0.4) is 0 Å². The van der Waals surface area contributed by atoms with Gasteiger partial charge in [-0.15, -0.1) is 0 Å². The van der Waals surface area contributed by atoms with Crippen LogP contribution in [0.5, 0.6) is 0 Å². The zero-order valence-electron chi connectivity index (χ0n) is 16.1. The molecule has 2 aromatic carbocycles. The highest BCUT2D eigenvalue weighted by Crippen LogP contribution is 2.40. The monoisotopic (exact) mass is 509 g/mol. The molecule has 0 fully saturated rings. The molecular formula is C22H21ClINO3. The first kappa shape index (κ1) is 21.0. The standard InChI is InChI=1S/C22H21ClINO3/c1-12-18(20(21(26)27)28-22(2,3)4)19(13-5-7-14(23)8-6-13)16-11-15(24)9-10-17(16)25-12/h5-11,20H,1-4H3,(H,26,27). The molecule has 1 atom stereocenters. The summed E-state index contributed by atoms with van der Waals surface area (Å²) in [6.45, 7) is 7.36. The van der Waals surface area contributed by atoms with Crippen molar-refractivity contribution in [2.24, 2.45) is 0 Å². The number of halogens is 2. The van der Waals surface area contributed by atoms with E-state index < -0.39 is 17.7 Å². The number of fused-ring (bicyclic) bond motifs is 1. The van der Waals surface area contributed by atoms with Gasteiger partial charge in [-0.25, -0.2) is 4.79 Å². The van der Waals surface area contributed by atoms with Crippen LogP contribution in [0.15, 0.2) is 42.5 Å². The lowest BCUT2D eigenvalue weighted by atomic mass is 9.91. The van der Waals surface area contributed by atoms with Crippen molar-refractivity contribution < 1.29 is 14.6 Å². The van der Waals surface area contributed by atoms with Crippen LogP contribution in [-0.2, 0) is 9.53 Å². The van der Waals surface area contributed by atoms with Gasteiger partial charge in [-0.3, -0.25) is 4.98 Å². The molecule has 6 heteroatoms. The first-order valence-electron chi connectivity index (χ1n) is 8.83. The molecule has 1 N–H and O–H groups in total. The van der Waals surface area contributed by atoms with Crippen molar-refractivity contribution in [2.45, 2.75) is 39.4 Å². The van der Waals surface area contributed by atoms with Gasteiger partial charge in [0.25, 0.3) is 0 Å². The van der Waals surface area contributed by atoms with Gasteiger partial charge in [-0.2, -0.15) is 0 Å². The second-order valence-corrected chi connectivity index (χ2v) is 9.28. The minimum atomic E-state index is -1.14. The van der Waals surface area contributed by atoms with Gasteiger partial charge < -0.3 is 9.84 Å². The summed E-state index contributed by atoms with van der Waals surface area (Å²) in [6, 6.07) is 13.4. The average molecular weight is 510 g/mol. The van der Waals surface area contributed by atoms with E-state index in [-0.39, 0.29) is 0 Å². The van der Waals surface area contributed by atoms with Gasteiger partial charge >= 0.3 is 5.97 Å². The van der Waals surface area contributed by atoms with E-state index in [0.717, 1.165) is 25.6 Å². The first-order valence-corrected chi connectivity index (χ1v) is 10.3. The summed E-state index contributed by atoms with van der Waals surface area (Å²) in [6.07, 6.45) is -1.14. The number of carbonyl (C=O) groups is 1. The maximum atomic E-state index is 12.2. The van der Waals surface area contributed by atoms with Crippen LogP contribution in [0, 0.1) is 10.5 Å².